The van der Waals surface area contributed by atoms with Crippen LogP contribution in [0, 0.1) is 0 Å². The van der Waals surface area contributed by atoms with Crippen molar-refractivity contribution in [3.05, 3.63) is 45.6 Å². The largest absolute Gasteiger partial charge is 0.454 e. The number of aromatic amines is 1. The first-order chi connectivity index (χ1) is 15.6. The van der Waals surface area contributed by atoms with Crippen molar-refractivity contribution in [1.29, 1.82) is 0 Å². The molecular weight excluding hydrogens is 404 g/mol. The van der Waals surface area contributed by atoms with Gasteiger partial charge in [-0.3, -0.25) is 4.79 Å². The van der Waals surface area contributed by atoms with Gasteiger partial charge in [0.15, 0.2) is 17.1 Å². The quantitative estimate of drug-likeness (QED) is 0.410. The smallest absolute Gasteiger partial charge is 0.262 e. The predicted molar refractivity (Wildman–Crippen MR) is 126 cm³/mol. The Morgan fingerprint density at radius 3 is 2.69 bits per heavy atom. The summed E-state index contributed by atoms with van der Waals surface area (Å²) in [6, 6.07) is 6.11. The number of H-pyrrole nitrogens is 1. The summed E-state index contributed by atoms with van der Waals surface area (Å²) >= 11 is 0. The van der Waals surface area contributed by atoms with Gasteiger partial charge in [0.05, 0.1) is 11.7 Å². The Morgan fingerprint density at radius 2 is 1.91 bits per heavy atom. The number of rotatable bonds is 11. The van der Waals surface area contributed by atoms with Crippen LogP contribution in [0.25, 0.3) is 11.0 Å². The number of fused-ring (bicyclic) bond motifs is 2. The van der Waals surface area contributed by atoms with E-state index in [1.165, 1.54) is 25.7 Å². The second kappa shape index (κ2) is 10.2. The summed E-state index contributed by atoms with van der Waals surface area (Å²) in [5.41, 5.74) is 2.46. The molecule has 1 atom stereocenters. The summed E-state index contributed by atoms with van der Waals surface area (Å²) in [6.45, 7) is 6.73. The average Bonchev–Trinajstić information content (AvgIpc) is 3.40. The summed E-state index contributed by atoms with van der Waals surface area (Å²) in [5.74, 6) is 2.13. The molecule has 0 amide bonds. The predicted octanol–water partition coefficient (Wildman–Crippen LogP) is 5.31. The molecule has 7 heteroatoms. The Bertz CT molecular complexity index is 1120. The second-order valence-corrected chi connectivity index (χ2v) is 8.61. The van der Waals surface area contributed by atoms with E-state index in [4.69, 9.17) is 19.6 Å². The van der Waals surface area contributed by atoms with E-state index < -0.39 is 0 Å². The summed E-state index contributed by atoms with van der Waals surface area (Å²) in [6.07, 6.45) is 9.31. The lowest BCUT2D eigenvalue weighted by atomic mass is 10.0. The highest BCUT2D eigenvalue weighted by Gasteiger charge is 2.21. The first kappa shape index (κ1) is 22.4. The van der Waals surface area contributed by atoms with E-state index in [1.807, 2.05) is 29.8 Å². The fourth-order valence-electron chi connectivity index (χ4n) is 4.52. The van der Waals surface area contributed by atoms with Crippen molar-refractivity contribution in [1.82, 2.24) is 19.7 Å². The van der Waals surface area contributed by atoms with E-state index >= 15 is 0 Å². The van der Waals surface area contributed by atoms with Gasteiger partial charge in [0.1, 0.15) is 11.2 Å². The third-order valence-electron chi connectivity index (χ3n) is 6.19. The van der Waals surface area contributed by atoms with Crippen LogP contribution in [0.4, 0.5) is 0 Å². The van der Waals surface area contributed by atoms with Gasteiger partial charge in [0.2, 0.25) is 6.79 Å². The Balaban J connectivity index is 1.68. The molecule has 0 bridgehead atoms. The number of benzene rings is 1. The van der Waals surface area contributed by atoms with Crippen LogP contribution in [0.5, 0.6) is 11.5 Å². The SMILES string of the molecule is CCCCCCC(CCC)n1nc(CC)c2c(=O)[nH]c(Cc3ccc4c(c3)OCO4)nc21. The van der Waals surface area contributed by atoms with Crippen molar-refractivity contribution < 1.29 is 9.47 Å². The maximum atomic E-state index is 13.1. The monoisotopic (exact) mass is 438 g/mol. The molecule has 1 N–H and O–H groups in total. The van der Waals surface area contributed by atoms with Crippen molar-refractivity contribution in [3.8, 4) is 11.5 Å². The third-order valence-corrected chi connectivity index (χ3v) is 6.19. The molecule has 1 aromatic carbocycles. The van der Waals surface area contributed by atoms with Gasteiger partial charge < -0.3 is 14.5 Å². The molecule has 7 nitrogen and oxygen atoms in total. The fourth-order valence-corrected chi connectivity index (χ4v) is 4.52. The van der Waals surface area contributed by atoms with Gasteiger partial charge in [-0.05, 0) is 37.0 Å². The van der Waals surface area contributed by atoms with Crippen molar-refractivity contribution in [2.45, 2.75) is 84.6 Å². The first-order valence-electron chi connectivity index (χ1n) is 12.0. The molecule has 0 aliphatic carbocycles. The Hall–Kier alpha value is -2.83. The van der Waals surface area contributed by atoms with Crippen LogP contribution in [0.2, 0.25) is 0 Å². The van der Waals surface area contributed by atoms with Gasteiger partial charge in [-0.1, -0.05) is 58.9 Å². The lowest BCUT2D eigenvalue weighted by Gasteiger charge is -2.17. The van der Waals surface area contributed by atoms with Crippen LogP contribution in [0.1, 0.15) is 88.8 Å². The topological polar surface area (TPSA) is 82.0 Å². The molecule has 3 heterocycles. The van der Waals surface area contributed by atoms with Crippen LogP contribution in [-0.4, -0.2) is 26.5 Å². The number of nitrogens with one attached hydrogen (secondary N) is 1. The van der Waals surface area contributed by atoms with Crippen molar-refractivity contribution in [2.24, 2.45) is 0 Å². The highest BCUT2D eigenvalue weighted by atomic mass is 16.7. The summed E-state index contributed by atoms with van der Waals surface area (Å²) in [5, 5.41) is 5.52. The van der Waals surface area contributed by atoms with Gasteiger partial charge in [0, 0.05) is 6.42 Å². The number of nitrogens with zero attached hydrogens (tertiary/aromatic N) is 3. The molecule has 0 fully saturated rings. The van der Waals surface area contributed by atoms with Crippen LogP contribution in [-0.2, 0) is 12.8 Å². The van der Waals surface area contributed by atoms with Gasteiger partial charge in [-0.25, -0.2) is 9.67 Å². The maximum absolute atomic E-state index is 13.1. The minimum atomic E-state index is -0.102. The minimum absolute atomic E-state index is 0.102. The number of ether oxygens (including phenoxy) is 2. The number of hydrogen-bond acceptors (Lipinski definition) is 5. The van der Waals surface area contributed by atoms with Crippen LogP contribution in [0.3, 0.4) is 0 Å². The molecule has 0 spiro atoms. The summed E-state index contributed by atoms with van der Waals surface area (Å²) in [7, 11) is 0. The average molecular weight is 439 g/mol. The molecule has 172 valence electrons. The maximum Gasteiger partial charge on any atom is 0.262 e. The highest BCUT2D eigenvalue weighted by molar-refractivity contribution is 5.77. The summed E-state index contributed by atoms with van der Waals surface area (Å²) < 4.78 is 12.9. The van der Waals surface area contributed by atoms with E-state index in [9.17, 15) is 4.79 Å². The zero-order chi connectivity index (χ0) is 22.5. The van der Waals surface area contributed by atoms with E-state index in [1.54, 1.807) is 0 Å². The molecule has 0 saturated carbocycles. The molecule has 3 aromatic rings. The molecule has 0 saturated heterocycles. The zero-order valence-corrected chi connectivity index (χ0v) is 19.4. The summed E-state index contributed by atoms with van der Waals surface area (Å²) in [4.78, 5) is 21.0. The third kappa shape index (κ3) is 4.66. The number of aryl methyl sites for hydroxylation is 1. The standard InChI is InChI=1S/C25H34N4O3/c1-4-7-8-9-11-18(10-5-2)29-24-23(19(6-3)28-29)25(30)27-22(26-24)15-17-12-13-20-21(14-17)32-16-31-20/h12-14,18H,4-11,15-16H2,1-3H3,(H,26,27,30). The number of aromatic nitrogens is 4. The molecule has 2 aromatic heterocycles. The lowest BCUT2D eigenvalue weighted by molar-refractivity contribution is 0.174. The van der Waals surface area contributed by atoms with Gasteiger partial charge in [-0.2, -0.15) is 5.10 Å². The van der Waals surface area contributed by atoms with Crippen LogP contribution >= 0.6 is 0 Å². The Morgan fingerprint density at radius 1 is 1.06 bits per heavy atom. The number of unbranched alkanes of at least 4 members (excludes halogenated alkanes) is 3. The minimum Gasteiger partial charge on any atom is -0.454 e. The number of hydrogen-bond donors (Lipinski definition) is 1. The normalized spacial score (nSPS) is 13.7. The molecule has 4 rings (SSSR count). The van der Waals surface area contributed by atoms with Crippen LogP contribution < -0.4 is 15.0 Å². The highest BCUT2D eigenvalue weighted by Crippen LogP contribution is 2.33. The van der Waals surface area contributed by atoms with E-state index in [-0.39, 0.29) is 18.4 Å². The molecule has 32 heavy (non-hydrogen) atoms. The van der Waals surface area contributed by atoms with Crippen molar-refractivity contribution in [3.63, 3.8) is 0 Å². The Labute approximate surface area is 189 Å². The molecular formula is C25H34N4O3. The second-order valence-electron chi connectivity index (χ2n) is 8.61. The molecule has 1 aliphatic rings. The Kier molecular flexibility index (Phi) is 7.12. The molecule has 1 aliphatic heterocycles. The fraction of sp³-hybridized carbons (Fsp3) is 0.560. The van der Waals surface area contributed by atoms with Crippen LogP contribution in [0.15, 0.2) is 23.0 Å². The van der Waals surface area contributed by atoms with E-state index in [0.717, 1.165) is 47.7 Å². The van der Waals surface area contributed by atoms with E-state index in [2.05, 4.69) is 18.8 Å². The van der Waals surface area contributed by atoms with Gasteiger partial charge in [0.25, 0.3) is 5.56 Å². The first-order valence-corrected chi connectivity index (χ1v) is 12.0. The van der Waals surface area contributed by atoms with Gasteiger partial charge in [-0.15, -0.1) is 0 Å². The zero-order valence-electron chi connectivity index (χ0n) is 19.4. The molecule has 1 unspecified atom stereocenters. The van der Waals surface area contributed by atoms with Gasteiger partial charge >= 0.3 is 0 Å². The lowest BCUT2D eigenvalue weighted by Crippen LogP contribution is -2.16. The van der Waals surface area contributed by atoms with Crippen molar-refractivity contribution >= 4 is 11.0 Å². The van der Waals surface area contributed by atoms with E-state index in [0.29, 0.717) is 24.1 Å². The van der Waals surface area contributed by atoms with Crippen molar-refractivity contribution in [2.75, 3.05) is 6.79 Å². The molecule has 0 radical (unpaired) electrons.